The SMILES string of the molecule is N#CC(N)C(=O)NN. The maximum atomic E-state index is 10.2. The molecule has 0 rings (SSSR count). The maximum Gasteiger partial charge on any atom is 0.265 e. The molecular formula is C3H6N4O. The Kier molecular flexibility index (Phi) is 2.54. The minimum atomic E-state index is -1.15. The van der Waals surface area contributed by atoms with Gasteiger partial charge in [-0.05, 0) is 0 Å². The van der Waals surface area contributed by atoms with Gasteiger partial charge in [0.15, 0.2) is 6.04 Å². The van der Waals surface area contributed by atoms with E-state index in [1.54, 1.807) is 5.43 Å². The van der Waals surface area contributed by atoms with Crippen LogP contribution >= 0.6 is 0 Å². The third-order valence-corrected chi connectivity index (χ3v) is 0.564. The first kappa shape index (κ1) is 6.88. The quantitative estimate of drug-likeness (QED) is 0.205. The second-order valence-electron chi connectivity index (χ2n) is 1.12. The molecule has 0 bridgehead atoms. The molecule has 1 atom stereocenters. The van der Waals surface area contributed by atoms with Gasteiger partial charge in [-0.3, -0.25) is 10.2 Å². The molecule has 0 aromatic rings. The van der Waals surface area contributed by atoms with Crippen LogP contribution in [0.3, 0.4) is 0 Å². The fourth-order valence-corrected chi connectivity index (χ4v) is 0.148. The van der Waals surface area contributed by atoms with Crippen molar-refractivity contribution in [2.45, 2.75) is 6.04 Å². The third-order valence-electron chi connectivity index (χ3n) is 0.564. The molecule has 5 heteroatoms. The molecule has 0 radical (unpaired) electrons. The molecule has 5 nitrogen and oxygen atoms in total. The van der Waals surface area contributed by atoms with E-state index in [0.29, 0.717) is 0 Å². The molecule has 0 aromatic heterocycles. The van der Waals surface area contributed by atoms with Crippen LogP contribution in [0, 0.1) is 11.3 Å². The highest BCUT2D eigenvalue weighted by Crippen LogP contribution is 1.68. The minimum absolute atomic E-state index is 0.674. The predicted octanol–water partition coefficient (Wildman–Crippen LogP) is -2.17. The maximum absolute atomic E-state index is 10.2. The van der Waals surface area contributed by atoms with Crippen molar-refractivity contribution in [2.24, 2.45) is 11.6 Å². The molecule has 0 heterocycles. The van der Waals surface area contributed by atoms with E-state index >= 15 is 0 Å². The summed E-state index contributed by atoms with van der Waals surface area (Å²) in [5, 5.41) is 7.94. The van der Waals surface area contributed by atoms with Crippen molar-refractivity contribution < 1.29 is 4.79 Å². The predicted molar refractivity (Wildman–Crippen MR) is 25.9 cm³/mol. The highest BCUT2D eigenvalue weighted by atomic mass is 16.2. The van der Waals surface area contributed by atoms with Crippen molar-refractivity contribution in [1.82, 2.24) is 5.43 Å². The smallest absolute Gasteiger partial charge is 0.265 e. The monoisotopic (exact) mass is 114 g/mol. The van der Waals surface area contributed by atoms with Crippen LogP contribution in [0.1, 0.15) is 0 Å². The molecule has 0 fully saturated rings. The van der Waals surface area contributed by atoms with Crippen LogP contribution in [0.5, 0.6) is 0 Å². The summed E-state index contributed by atoms with van der Waals surface area (Å²) in [5.74, 6) is 3.94. The Bertz CT molecular complexity index is 126. The lowest BCUT2D eigenvalue weighted by atomic mass is 10.3. The first-order valence-electron chi connectivity index (χ1n) is 1.88. The van der Waals surface area contributed by atoms with Gasteiger partial charge in [-0.15, -0.1) is 0 Å². The number of hydrazine groups is 1. The lowest BCUT2D eigenvalue weighted by Gasteiger charge is -1.96. The van der Waals surface area contributed by atoms with Gasteiger partial charge in [0.2, 0.25) is 0 Å². The Balaban J connectivity index is 3.68. The number of carbonyl (C=O) groups is 1. The first-order valence-corrected chi connectivity index (χ1v) is 1.88. The van der Waals surface area contributed by atoms with Gasteiger partial charge in [-0.1, -0.05) is 0 Å². The van der Waals surface area contributed by atoms with Crippen molar-refractivity contribution in [2.75, 3.05) is 0 Å². The van der Waals surface area contributed by atoms with Crippen LogP contribution in [0.25, 0.3) is 0 Å². The van der Waals surface area contributed by atoms with Gasteiger partial charge in [0.1, 0.15) is 0 Å². The van der Waals surface area contributed by atoms with Crippen molar-refractivity contribution in [3.63, 3.8) is 0 Å². The summed E-state index contributed by atoms with van der Waals surface area (Å²) in [5.41, 5.74) is 6.60. The van der Waals surface area contributed by atoms with E-state index in [0.717, 1.165) is 0 Å². The number of nitriles is 1. The van der Waals surface area contributed by atoms with E-state index in [4.69, 9.17) is 11.0 Å². The van der Waals surface area contributed by atoms with Crippen molar-refractivity contribution >= 4 is 5.91 Å². The second kappa shape index (κ2) is 2.96. The van der Waals surface area contributed by atoms with Gasteiger partial charge >= 0.3 is 0 Å². The van der Waals surface area contributed by atoms with Crippen molar-refractivity contribution in [3.05, 3.63) is 0 Å². The minimum Gasteiger partial charge on any atom is -0.308 e. The Morgan fingerprint density at radius 1 is 1.88 bits per heavy atom. The van der Waals surface area contributed by atoms with Crippen LogP contribution in [0.4, 0.5) is 0 Å². The van der Waals surface area contributed by atoms with Gasteiger partial charge in [-0.2, -0.15) is 5.26 Å². The number of nitrogens with zero attached hydrogens (tertiary/aromatic N) is 1. The largest absolute Gasteiger partial charge is 0.308 e. The fourth-order valence-electron chi connectivity index (χ4n) is 0.148. The summed E-state index contributed by atoms with van der Waals surface area (Å²) in [6.45, 7) is 0. The Labute approximate surface area is 46.2 Å². The molecule has 8 heavy (non-hydrogen) atoms. The lowest BCUT2D eigenvalue weighted by Crippen LogP contribution is -2.42. The number of nitrogens with one attached hydrogen (secondary N) is 1. The second-order valence-corrected chi connectivity index (χ2v) is 1.12. The molecule has 0 spiro atoms. The zero-order valence-electron chi connectivity index (χ0n) is 4.09. The summed E-state index contributed by atoms with van der Waals surface area (Å²) in [4.78, 5) is 10.2. The average molecular weight is 114 g/mol. The highest BCUT2D eigenvalue weighted by molar-refractivity contribution is 5.83. The molecule has 5 N–H and O–H groups in total. The van der Waals surface area contributed by atoms with Gasteiger partial charge in [0, 0.05) is 0 Å². The molecule has 0 aliphatic heterocycles. The molecule has 0 saturated heterocycles. The average Bonchev–Trinajstić information content (AvgIpc) is 1.84. The fraction of sp³-hybridized carbons (Fsp3) is 0.333. The summed E-state index contributed by atoms with van der Waals surface area (Å²) in [6.07, 6.45) is 0. The number of carbonyl (C=O) groups excluding carboxylic acids is 1. The summed E-state index contributed by atoms with van der Waals surface area (Å²) < 4.78 is 0. The van der Waals surface area contributed by atoms with Crippen LogP contribution in [0.15, 0.2) is 0 Å². The Morgan fingerprint density at radius 2 is 2.38 bits per heavy atom. The molecule has 1 unspecified atom stereocenters. The zero-order valence-corrected chi connectivity index (χ0v) is 4.09. The zero-order chi connectivity index (χ0) is 6.57. The summed E-state index contributed by atoms with van der Waals surface area (Å²) in [7, 11) is 0. The van der Waals surface area contributed by atoms with Crippen LogP contribution in [-0.4, -0.2) is 11.9 Å². The summed E-state index contributed by atoms with van der Waals surface area (Å²) >= 11 is 0. The molecule has 44 valence electrons. The van der Waals surface area contributed by atoms with Gasteiger partial charge < -0.3 is 5.73 Å². The third kappa shape index (κ3) is 1.55. The summed E-state index contributed by atoms with van der Waals surface area (Å²) in [6, 6.07) is 0.349. The van der Waals surface area contributed by atoms with Crippen molar-refractivity contribution in [3.8, 4) is 6.07 Å². The van der Waals surface area contributed by atoms with Gasteiger partial charge in [-0.25, -0.2) is 5.84 Å². The molecular weight excluding hydrogens is 108 g/mol. The van der Waals surface area contributed by atoms with E-state index in [9.17, 15) is 4.79 Å². The van der Waals surface area contributed by atoms with E-state index in [1.807, 2.05) is 0 Å². The molecule has 0 aromatic carbocycles. The highest BCUT2D eigenvalue weighted by Gasteiger charge is 2.07. The Morgan fingerprint density at radius 3 is 2.50 bits per heavy atom. The molecule has 0 saturated carbocycles. The van der Waals surface area contributed by atoms with Gasteiger partial charge in [0.25, 0.3) is 5.91 Å². The number of nitrogens with two attached hydrogens (primary N) is 2. The molecule has 0 aliphatic carbocycles. The topological polar surface area (TPSA) is 105 Å². The van der Waals surface area contributed by atoms with Crippen LogP contribution < -0.4 is 17.0 Å². The first-order chi connectivity index (χ1) is 3.72. The van der Waals surface area contributed by atoms with E-state index in [2.05, 4.69) is 5.84 Å². The lowest BCUT2D eigenvalue weighted by molar-refractivity contribution is -0.121. The van der Waals surface area contributed by atoms with Crippen molar-refractivity contribution in [1.29, 1.82) is 5.26 Å². The molecule has 0 aliphatic rings. The standard InChI is InChI=1S/C3H6N4O/c4-1-2(5)3(8)7-6/h2H,5-6H2,(H,7,8). The van der Waals surface area contributed by atoms with E-state index in [-0.39, 0.29) is 0 Å². The number of hydrogen-bond donors (Lipinski definition) is 3. The van der Waals surface area contributed by atoms with E-state index in [1.165, 1.54) is 6.07 Å². The van der Waals surface area contributed by atoms with E-state index < -0.39 is 11.9 Å². The number of rotatable bonds is 1. The normalized spacial score (nSPS) is 11.6. The number of amides is 1. The van der Waals surface area contributed by atoms with Crippen LogP contribution in [-0.2, 0) is 4.79 Å². The van der Waals surface area contributed by atoms with Gasteiger partial charge in [0.05, 0.1) is 6.07 Å². The number of hydrogen-bond acceptors (Lipinski definition) is 4. The Hall–Kier alpha value is -1.12. The van der Waals surface area contributed by atoms with Crippen LogP contribution in [0.2, 0.25) is 0 Å². The molecule has 1 amide bonds.